The summed E-state index contributed by atoms with van der Waals surface area (Å²) in [6.45, 7) is 8.78. The molecule has 0 spiro atoms. The van der Waals surface area contributed by atoms with Gasteiger partial charge >= 0.3 is 0 Å². The van der Waals surface area contributed by atoms with Crippen LogP contribution in [0.25, 0.3) is 0 Å². The Morgan fingerprint density at radius 2 is 2.06 bits per heavy atom. The molecule has 0 aromatic carbocycles. The van der Waals surface area contributed by atoms with Crippen molar-refractivity contribution in [2.45, 2.75) is 52.1 Å². The second-order valence-electron chi connectivity index (χ2n) is 5.89. The van der Waals surface area contributed by atoms with Crippen molar-refractivity contribution in [2.75, 3.05) is 0 Å². The van der Waals surface area contributed by atoms with Crippen LogP contribution >= 0.6 is 0 Å². The number of aromatic nitrogens is 2. The molecule has 1 aromatic rings. The van der Waals surface area contributed by atoms with Gasteiger partial charge in [0.15, 0.2) is 0 Å². The lowest BCUT2D eigenvalue weighted by Crippen LogP contribution is -2.33. The largest absolute Gasteiger partial charge is 0.330 e. The molecule has 1 aliphatic carbocycles. The zero-order valence-corrected chi connectivity index (χ0v) is 10.8. The number of imidazole rings is 1. The Bertz CT molecular complexity index is 361. The summed E-state index contributed by atoms with van der Waals surface area (Å²) in [6.07, 6.45) is 6.43. The van der Waals surface area contributed by atoms with Gasteiger partial charge in [-0.15, -0.1) is 0 Å². The fourth-order valence-electron chi connectivity index (χ4n) is 2.80. The van der Waals surface area contributed by atoms with E-state index < -0.39 is 0 Å². The molecule has 0 amide bonds. The molecule has 1 aliphatic rings. The highest BCUT2D eigenvalue weighted by molar-refractivity contribution is 5.12. The minimum atomic E-state index is -0.304. The molecule has 16 heavy (non-hydrogen) atoms. The molecule has 3 nitrogen and oxygen atoms in total. The predicted molar refractivity (Wildman–Crippen MR) is 66.0 cm³/mol. The zero-order chi connectivity index (χ0) is 11.9. The van der Waals surface area contributed by atoms with E-state index in [2.05, 4.69) is 23.4 Å². The normalized spacial score (nSPS) is 30.9. The Kier molecular flexibility index (Phi) is 2.82. The lowest BCUT2D eigenvalue weighted by atomic mass is 9.96. The van der Waals surface area contributed by atoms with E-state index >= 15 is 0 Å². The number of hydrogen-bond acceptors (Lipinski definition) is 2. The first kappa shape index (κ1) is 11.6. The van der Waals surface area contributed by atoms with Gasteiger partial charge in [-0.2, -0.15) is 0 Å². The maximum Gasteiger partial charge on any atom is 0.0951 e. The average molecular weight is 221 g/mol. The third-order valence-electron chi connectivity index (χ3n) is 4.11. The van der Waals surface area contributed by atoms with Gasteiger partial charge in [-0.05, 0) is 38.5 Å². The van der Waals surface area contributed by atoms with Gasteiger partial charge in [0.05, 0.1) is 17.6 Å². The Hall–Kier alpha value is -0.830. The third-order valence-corrected chi connectivity index (χ3v) is 4.11. The van der Waals surface area contributed by atoms with Gasteiger partial charge in [-0.25, -0.2) is 4.98 Å². The van der Waals surface area contributed by atoms with Crippen molar-refractivity contribution in [3.05, 3.63) is 18.2 Å². The van der Waals surface area contributed by atoms with E-state index in [1.54, 1.807) is 0 Å². The SMILES string of the molecule is CC1CCC(n2cncc2C(C)(C)N)C1C. The highest BCUT2D eigenvalue weighted by Gasteiger charge is 2.33. The number of nitrogens with two attached hydrogens (primary N) is 1. The summed E-state index contributed by atoms with van der Waals surface area (Å²) in [6, 6.07) is 0.579. The second kappa shape index (κ2) is 3.88. The van der Waals surface area contributed by atoms with E-state index in [4.69, 9.17) is 5.73 Å². The van der Waals surface area contributed by atoms with E-state index in [0.717, 1.165) is 17.5 Å². The van der Waals surface area contributed by atoms with Crippen LogP contribution in [0.5, 0.6) is 0 Å². The van der Waals surface area contributed by atoms with Crippen LogP contribution in [0.2, 0.25) is 0 Å². The van der Waals surface area contributed by atoms with Crippen molar-refractivity contribution in [2.24, 2.45) is 17.6 Å². The van der Waals surface area contributed by atoms with Crippen LogP contribution < -0.4 is 5.73 Å². The molecule has 3 atom stereocenters. The summed E-state index contributed by atoms with van der Waals surface area (Å²) < 4.78 is 2.30. The topological polar surface area (TPSA) is 43.8 Å². The molecule has 2 rings (SSSR count). The zero-order valence-electron chi connectivity index (χ0n) is 10.8. The molecule has 0 aliphatic heterocycles. The summed E-state index contributed by atoms with van der Waals surface area (Å²) >= 11 is 0. The number of nitrogens with zero attached hydrogens (tertiary/aromatic N) is 2. The number of hydrogen-bond donors (Lipinski definition) is 1. The summed E-state index contributed by atoms with van der Waals surface area (Å²) in [5, 5.41) is 0. The van der Waals surface area contributed by atoms with Crippen LogP contribution in [0.1, 0.15) is 52.3 Å². The monoisotopic (exact) mass is 221 g/mol. The van der Waals surface area contributed by atoms with E-state index in [0.29, 0.717) is 6.04 Å². The summed E-state index contributed by atoms with van der Waals surface area (Å²) in [4.78, 5) is 4.28. The molecule has 2 N–H and O–H groups in total. The molecule has 0 bridgehead atoms. The van der Waals surface area contributed by atoms with E-state index in [1.807, 2.05) is 26.4 Å². The molecule has 1 aromatic heterocycles. The van der Waals surface area contributed by atoms with Crippen LogP contribution in [-0.2, 0) is 5.54 Å². The molecule has 1 heterocycles. The van der Waals surface area contributed by atoms with E-state index in [9.17, 15) is 0 Å². The molecule has 90 valence electrons. The molecule has 1 saturated carbocycles. The van der Waals surface area contributed by atoms with Crippen LogP contribution in [0.15, 0.2) is 12.5 Å². The first-order valence-electron chi connectivity index (χ1n) is 6.22. The predicted octanol–water partition coefficient (Wildman–Crippen LogP) is 2.68. The molecule has 0 saturated heterocycles. The lowest BCUT2D eigenvalue weighted by Gasteiger charge is -2.27. The first-order chi connectivity index (χ1) is 7.41. The molecule has 1 fully saturated rings. The van der Waals surface area contributed by atoms with Gasteiger partial charge in [-0.3, -0.25) is 0 Å². The van der Waals surface area contributed by atoms with Gasteiger partial charge < -0.3 is 10.3 Å². The third kappa shape index (κ3) is 1.88. The average Bonchev–Trinajstić information content (AvgIpc) is 2.74. The van der Waals surface area contributed by atoms with Gasteiger partial charge in [0.2, 0.25) is 0 Å². The molecule has 3 unspecified atom stereocenters. The van der Waals surface area contributed by atoms with E-state index in [-0.39, 0.29) is 5.54 Å². The van der Waals surface area contributed by atoms with Crippen molar-refractivity contribution in [1.29, 1.82) is 0 Å². The fraction of sp³-hybridized carbons (Fsp3) is 0.769. The highest BCUT2D eigenvalue weighted by atomic mass is 15.1. The van der Waals surface area contributed by atoms with Gasteiger partial charge in [0, 0.05) is 12.2 Å². The summed E-state index contributed by atoms with van der Waals surface area (Å²) in [7, 11) is 0. The first-order valence-corrected chi connectivity index (χ1v) is 6.22. The standard InChI is InChI=1S/C13H23N3/c1-9-5-6-11(10(9)2)16-8-15-7-12(16)13(3,4)14/h7-11H,5-6,14H2,1-4H3. The second-order valence-corrected chi connectivity index (χ2v) is 5.89. The molecular formula is C13H23N3. The summed E-state index contributed by atoms with van der Waals surface area (Å²) in [5.41, 5.74) is 7.04. The Morgan fingerprint density at radius 1 is 1.38 bits per heavy atom. The quantitative estimate of drug-likeness (QED) is 0.834. The highest BCUT2D eigenvalue weighted by Crippen LogP contribution is 2.41. The van der Waals surface area contributed by atoms with Crippen LogP contribution in [-0.4, -0.2) is 9.55 Å². The lowest BCUT2D eigenvalue weighted by molar-refractivity contribution is 0.332. The Labute approximate surface area is 98.1 Å². The minimum absolute atomic E-state index is 0.304. The fourth-order valence-corrected chi connectivity index (χ4v) is 2.80. The smallest absolute Gasteiger partial charge is 0.0951 e. The van der Waals surface area contributed by atoms with Crippen molar-refractivity contribution in [1.82, 2.24) is 9.55 Å². The van der Waals surface area contributed by atoms with E-state index in [1.165, 1.54) is 12.8 Å². The van der Waals surface area contributed by atoms with Gasteiger partial charge in [0.25, 0.3) is 0 Å². The minimum Gasteiger partial charge on any atom is -0.330 e. The maximum atomic E-state index is 6.19. The Morgan fingerprint density at radius 3 is 2.56 bits per heavy atom. The van der Waals surface area contributed by atoms with Gasteiger partial charge in [-0.1, -0.05) is 13.8 Å². The maximum absolute atomic E-state index is 6.19. The number of rotatable bonds is 2. The van der Waals surface area contributed by atoms with Gasteiger partial charge in [0.1, 0.15) is 0 Å². The van der Waals surface area contributed by atoms with Crippen molar-refractivity contribution >= 4 is 0 Å². The molecule has 0 radical (unpaired) electrons. The Balaban J connectivity index is 2.32. The summed E-state index contributed by atoms with van der Waals surface area (Å²) in [5.74, 6) is 1.52. The van der Waals surface area contributed by atoms with Crippen LogP contribution in [0.3, 0.4) is 0 Å². The van der Waals surface area contributed by atoms with Crippen molar-refractivity contribution in [3.63, 3.8) is 0 Å². The van der Waals surface area contributed by atoms with Crippen LogP contribution in [0.4, 0.5) is 0 Å². The molecular weight excluding hydrogens is 198 g/mol. The van der Waals surface area contributed by atoms with Crippen LogP contribution in [0, 0.1) is 11.8 Å². The van der Waals surface area contributed by atoms with Crippen molar-refractivity contribution < 1.29 is 0 Å². The molecule has 3 heteroatoms. The van der Waals surface area contributed by atoms with Crippen molar-refractivity contribution in [3.8, 4) is 0 Å².